The first-order chi connectivity index (χ1) is 17.0. The van der Waals surface area contributed by atoms with E-state index in [1.165, 1.54) is 7.11 Å². The normalized spacial score (nSPS) is 16.7. The number of amides is 2. The molecule has 8 nitrogen and oxygen atoms in total. The number of carboxylic acid groups (broad SMARTS) is 1. The number of carboxylic acids is 1. The molecule has 4 rings (SSSR count). The largest absolute Gasteiger partial charge is 0.480 e. The Labute approximate surface area is 205 Å². The van der Waals surface area contributed by atoms with Gasteiger partial charge in [0.2, 0.25) is 5.91 Å². The maximum Gasteiger partial charge on any atom is 0.407 e. The van der Waals surface area contributed by atoms with Crippen LogP contribution < -0.4 is 10.6 Å². The van der Waals surface area contributed by atoms with E-state index >= 15 is 0 Å². The molecule has 2 atom stereocenters. The van der Waals surface area contributed by atoms with Crippen LogP contribution in [0.4, 0.5) is 4.79 Å². The Morgan fingerprint density at radius 3 is 2.14 bits per heavy atom. The Hall–Kier alpha value is -3.39. The van der Waals surface area contributed by atoms with Crippen molar-refractivity contribution in [2.75, 3.05) is 20.3 Å². The van der Waals surface area contributed by atoms with Gasteiger partial charge in [-0.25, -0.2) is 9.59 Å². The maximum atomic E-state index is 12.8. The summed E-state index contributed by atoms with van der Waals surface area (Å²) in [7, 11) is 1.38. The van der Waals surface area contributed by atoms with Crippen molar-refractivity contribution in [3.63, 3.8) is 0 Å². The fraction of sp³-hybridized carbons (Fsp3) is 0.444. The summed E-state index contributed by atoms with van der Waals surface area (Å²) in [5.74, 6) is -1.51. The van der Waals surface area contributed by atoms with Gasteiger partial charge in [0.05, 0.1) is 6.61 Å². The Morgan fingerprint density at radius 1 is 0.971 bits per heavy atom. The predicted molar refractivity (Wildman–Crippen MR) is 130 cm³/mol. The Bertz CT molecular complexity index is 1020. The highest BCUT2D eigenvalue weighted by Crippen LogP contribution is 2.44. The predicted octanol–water partition coefficient (Wildman–Crippen LogP) is 3.69. The molecule has 0 heterocycles. The number of benzene rings is 2. The molecule has 186 valence electrons. The van der Waals surface area contributed by atoms with E-state index < -0.39 is 30.1 Å². The molecule has 0 aliphatic heterocycles. The Morgan fingerprint density at radius 2 is 1.57 bits per heavy atom. The van der Waals surface area contributed by atoms with Gasteiger partial charge in [-0.15, -0.1) is 0 Å². The lowest BCUT2D eigenvalue weighted by atomic mass is 9.95. The lowest BCUT2D eigenvalue weighted by Gasteiger charge is -2.25. The number of ether oxygens (including phenoxy) is 2. The van der Waals surface area contributed by atoms with E-state index in [1.54, 1.807) is 0 Å². The zero-order valence-corrected chi connectivity index (χ0v) is 19.9. The highest BCUT2D eigenvalue weighted by molar-refractivity contribution is 5.84. The van der Waals surface area contributed by atoms with Gasteiger partial charge >= 0.3 is 12.1 Å². The van der Waals surface area contributed by atoms with E-state index in [4.69, 9.17) is 9.47 Å². The summed E-state index contributed by atoms with van der Waals surface area (Å²) < 4.78 is 10.6. The molecule has 0 saturated heterocycles. The van der Waals surface area contributed by atoms with Crippen molar-refractivity contribution in [3.8, 4) is 11.1 Å². The number of aliphatic carboxylic acids is 1. The van der Waals surface area contributed by atoms with Crippen molar-refractivity contribution in [2.24, 2.45) is 5.92 Å². The first-order valence-electron chi connectivity index (χ1n) is 12.1. The van der Waals surface area contributed by atoms with Crippen LogP contribution >= 0.6 is 0 Å². The summed E-state index contributed by atoms with van der Waals surface area (Å²) in [6, 6.07) is 14.7. The molecule has 2 amide bonds. The van der Waals surface area contributed by atoms with E-state index in [2.05, 4.69) is 34.9 Å². The molecule has 2 aromatic carbocycles. The molecule has 1 saturated carbocycles. The highest BCUT2D eigenvalue weighted by atomic mass is 16.5. The van der Waals surface area contributed by atoms with E-state index in [0.717, 1.165) is 47.9 Å². The van der Waals surface area contributed by atoms with Crippen LogP contribution in [-0.4, -0.2) is 55.5 Å². The molecule has 1 unspecified atom stereocenters. The van der Waals surface area contributed by atoms with E-state index in [0.29, 0.717) is 0 Å². The first kappa shape index (κ1) is 24.7. The summed E-state index contributed by atoms with van der Waals surface area (Å²) in [6.07, 6.45) is 3.31. The van der Waals surface area contributed by atoms with Crippen LogP contribution in [0.1, 0.15) is 49.1 Å². The molecule has 2 aromatic rings. The number of nitrogens with one attached hydrogen (secondary N) is 2. The van der Waals surface area contributed by atoms with Gasteiger partial charge in [0.1, 0.15) is 6.61 Å². The second kappa shape index (κ2) is 11.4. The molecule has 0 bridgehead atoms. The molecule has 35 heavy (non-hydrogen) atoms. The fourth-order valence-electron chi connectivity index (χ4n) is 5.28. The Balaban J connectivity index is 1.39. The molecule has 8 heteroatoms. The van der Waals surface area contributed by atoms with Crippen molar-refractivity contribution >= 4 is 18.0 Å². The number of rotatable bonds is 10. The summed E-state index contributed by atoms with van der Waals surface area (Å²) in [5, 5.41) is 14.7. The first-order valence-corrected chi connectivity index (χ1v) is 12.1. The molecular weight excluding hydrogens is 448 g/mol. The van der Waals surface area contributed by atoms with Crippen molar-refractivity contribution in [2.45, 2.75) is 50.1 Å². The van der Waals surface area contributed by atoms with Crippen molar-refractivity contribution in [1.29, 1.82) is 0 Å². The lowest BCUT2D eigenvalue weighted by molar-refractivity contribution is -0.143. The molecule has 0 spiro atoms. The van der Waals surface area contributed by atoms with Crippen LogP contribution in [0, 0.1) is 5.92 Å². The molecule has 2 aliphatic rings. The standard InChI is InChI=1S/C27H32N2O6/c1-34-16-24(26(31)32)28-25(30)14-23(17-8-2-3-9-17)29-27(33)35-15-22-20-12-6-4-10-18(20)19-11-5-7-13-21(19)22/h4-7,10-13,17,22-24H,2-3,8-9,14-16H2,1H3,(H,28,30)(H,29,33)(H,31,32)/t23?,24-/m0/s1. The van der Waals surface area contributed by atoms with E-state index in [9.17, 15) is 19.5 Å². The number of carbonyl (C=O) groups excluding carboxylic acids is 2. The number of methoxy groups -OCH3 is 1. The van der Waals surface area contributed by atoms with Crippen LogP contribution in [0.5, 0.6) is 0 Å². The van der Waals surface area contributed by atoms with Gasteiger partial charge in [0, 0.05) is 25.5 Å². The molecule has 0 radical (unpaired) electrons. The van der Waals surface area contributed by atoms with Gasteiger partial charge in [0.15, 0.2) is 6.04 Å². The van der Waals surface area contributed by atoms with Gasteiger partial charge in [-0.3, -0.25) is 4.79 Å². The minimum Gasteiger partial charge on any atom is -0.480 e. The third-order valence-corrected chi connectivity index (χ3v) is 6.99. The number of alkyl carbamates (subject to hydrolysis) is 1. The SMILES string of the molecule is COC[C@H](NC(=O)CC(NC(=O)OCC1c2ccccc2-c2ccccc21)C1CCCC1)C(=O)O. The summed E-state index contributed by atoms with van der Waals surface area (Å²) >= 11 is 0. The average Bonchev–Trinajstić information content (AvgIpc) is 3.49. The molecule has 2 aliphatic carbocycles. The molecule has 3 N–H and O–H groups in total. The van der Waals surface area contributed by atoms with Gasteiger partial charge in [-0.1, -0.05) is 61.4 Å². The van der Waals surface area contributed by atoms with E-state index in [1.807, 2.05) is 24.3 Å². The molecular formula is C27H32N2O6. The Kier molecular flexibility index (Phi) is 8.02. The third-order valence-electron chi connectivity index (χ3n) is 6.99. The van der Waals surface area contributed by atoms with Gasteiger partial charge < -0.3 is 25.2 Å². The maximum absolute atomic E-state index is 12.8. The zero-order valence-electron chi connectivity index (χ0n) is 19.9. The smallest absolute Gasteiger partial charge is 0.407 e. The summed E-state index contributed by atoms with van der Waals surface area (Å²) in [4.78, 5) is 36.8. The third kappa shape index (κ3) is 5.82. The zero-order chi connectivity index (χ0) is 24.8. The van der Waals surface area contributed by atoms with Gasteiger partial charge in [-0.05, 0) is 41.0 Å². The summed E-state index contributed by atoms with van der Waals surface area (Å²) in [6.45, 7) is 0.0628. The van der Waals surface area contributed by atoms with Gasteiger partial charge in [0.25, 0.3) is 0 Å². The monoisotopic (exact) mass is 480 g/mol. The topological polar surface area (TPSA) is 114 Å². The van der Waals surface area contributed by atoms with Crippen molar-refractivity contribution in [3.05, 3.63) is 59.7 Å². The van der Waals surface area contributed by atoms with Gasteiger partial charge in [-0.2, -0.15) is 0 Å². The van der Waals surface area contributed by atoms with Crippen LogP contribution in [0.25, 0.3) is 11.1 Å². The summed E-state index contributed by atoms with van der Waals surface area (Å²) in [5.41, 5.74) is 4.57. The molecule has 0 aromatic heterocycles. The minimum absolute atomic E-state index is 0.0116. The lowest BCUT2D eigenvalue weighted by Crippen LogP contribution is -2.48. The number of hydrogen-bond donors (Lipinski definition) is 3. The van der Waals surface area contributed by atoms with Crippen molar-refractivity contribution < 1.29 is 29.0 Å². The van der Waals surface area contributed by atoms with Crippen LogP contribution in [-0.2, 0) is 19.1 Å². The molecule has 1 fully saturated rings. The quantitative estimate of drug-likeness (QED) is 0.478. The second-order valence-electron chi connectivity index (χ2n) is 9.24. The average molecular weight is 481 g/mol. The number of fused-ring (bicyclic) bond motifs is 3. The second-order valence-corrected chi connectivity index (χ2v) is 9.24. The van der Waals surface area contributed by atoms with Crippen LogP contribution in [0.2, 0.25) is 0 Å². The fourth-order valence-corrected chi connectivity index (χ4v) is 5.28. The number of hydrogen-bond acceptors (Lipinski definition) is 5. The van der Waals surface area contributed by atoms with Crippen LogP contribution in [0.3, 0.4) is 0 Å². The number of carbonyl (C=O) groups is 3. The highest BCUT2D eigenvalue weighted by Gasteiger charge is 2.32. The minimum atomic E-state index is -1.16. The van der Waals surface area contributed by atoms with Crippen LogP contribution in [0.15, 0.2) is 48.5 Å². The van der Waals surface area contributed by atoms with Crippen molar-refractivity contribution in [1.82, 2.24) is 10.6 Å². The van der Waals surface area contributed by atoms with E-state index in [-0.39, 0.29) is 31.5 Å².